The van der Waals surface area contributed by atoms with Crippen molar-refractivity contribution in [3.05, 3.63) is 101 Å². The number of carbonyl (C=O) groups is 2. The van der Waals surface area contributed by atoms with E-state index in [1.165, 1.54) is 24.3 Å². The predicted molar refractivity (Wildman–Crippen MR) is 112 cm³/mol. The third-order valence-electron chi connectivity index (χ3n) is 4.57. The highest BCUT2D eigenvalue weighted by Gasteiger charge is 2.19. The topological polar surface area (TPSA) is 81.4 Å². The third kappa shape index (κ3) is 6.44. The van der Waals surface area contributed by atoms with Crippen LogP contribution in [0.4, 0.5) is 4.39 Å². The molecule has 0 saturated heterocycles. The van der Waals surface area contributed by atoms with Crippen molar-refractivity contribution in [2.75, 3.05) is 0 Å². The van der Waals surface area contributed by atoms with E-state index in [-0.39, 0.29) is 24.6 Å². The van der Waals surface area contributed by atoms with E-state index in [0.717, 1.165) is 11.1 Å². The van der Waals surface area contributed by atoms with Gasteiger partial charge in [-0.3, -0.25) is 9.59 Å². The Bertz CT molecular complexity index is 974. The molecule has 0 aromatic heterocycles. The molecule has 0 aliphatic carbocycles. The molecule has 0 heterocycles. The fraction of sp³-hybridized carbons (Fsp3) is 0.167. The maximum absolute atomic E-state index is 13.0. The van der Waals surface area contributed by atoms with Gasteiger partial charge in [0.1, 0.15) is 24.2 Å². The van der Waals surface area contributed by atoms with Crippen molar-refractivity contribution >= 4 is 11.8 Å². The first-order valence-corrected chi connectivity index (χ1v) is 9.58. The molecule has 30 heavy (non-hydrogen) atoms. The zero-order valence-corrected chi connectivity index (χ0v) is 16.4. The highest BCUT2D eigenvalue weighted by molar-refractivity contribution is 5.87. The Kier molecular flexibility index (Phi) is 7.16. The van der Waals surface area contributed by atoms with E-state index in [1.807, 2.05) is 54.6 Å². The average Bonchev–Trinajstić information content (AvgIpc) is 2.75. The van der Waals surface area contributed by atoms with Crippen molar-refractivity contribution in [3.8, 4) is 5.75 Å². The lowest BCUT2D eigenvalue weighted by molar-refractivity contribution is -0.127. The molecular formula is C24H23FN2O3. The molecule has 154 valence electrons. The minimum absolute atomic E-state index is 0.0380. The zero-order chi connectivity index (χ0) is 21.3. The van der Waals surface area contributed by atoms with Gasteiger partial charge in [-0.2, -0.15) is 0 Å². The van der Waals surface area contributed by atoms with Crippen LogP contribution >= 0.6 is 0 Å². The number of halogens is 1. The van der Waals surface area contributed by atoms with Crippen LogP contribution in [0.2, 0.25) is 0 Å². The molecule has 6 heteroatoms. The molecule has 0 bridgehead atoms. The van der Waals surface area contributed by atoms with Crippen LogP contribution in [0.15, 0.2) is 78.9 Å². The van der Waals surface area contributed by atoms with E-state index in [4.69, 9.17) is 10.5 Å². The third-order valence-corrected chi connectivity index (χ3v) is 4.57. The Hall–Kier alpha value is -3.67. The van der Waals surface area contributed by atoms with Crippen LogP contribution in [0.5, 0.6) is 5.75 Å². The van der Waals surface area contributed by atoms with Crippen LogP contribution in [0, 0.1) is 5.82 Å². The fourth-order valence-electron chi connectivity index (χ4n) is 2.95. The van der Waals surface area contributed by atoms with E-state index in [9.17, 15) is 14.0 Å². The first kappa shape index (κ1) is 21.0. The van der Waals surface area contributed by atoms with Gasteiger partial charge in [0.05, 0.1) is 6.42 Å². The standard InChI is InChI=1S/C24H23FN2O3/c25-20-10-6-18(7-11-20)15-23(28)27-22(24(26)29)14-17-8-12-21(13-9-17)30-16-19-4-2-1-3-5-19/h1-13,22H,14-16H2,(H2,26,29)(H,27,28)/t22-/m1/s1. The predicted octanol–water partition coefficient (Wildman–Crippen LogP) is 3.16. The molecule has 3 aromatic carbocycles. The van der Waals surface area contributed by atoms with Gasteiger partial charge >= 0.3 is 0 Å². The van der Waals surface area contributed by atoms with Crippen LogP contribution < -0.4 is 15.8 Å². The van der Waals surface area contributed by atoms with E-state index >= 15 is 0 Å². The number of hydrogen-bond donors (Lipinski definition) is 2. The summed E-state index contributed by atoms with van der Waals surface area (Å²) in [5.41, 5.74) is 8.02. The molecule has 0 aliphatic rings. The van der Waals surface area contributed by atoms with Gasteiger partial charge in [-0.1, -0.05) is 54.6 Å². The van der Waals surface area contributed by atoms with Crippen LogP contribution in [0.3, 0.4) is 0 Å². The Labute approximate surface area is 174 Å². The van der Waals surface area contributed by atoms with Crippen LogP contribution in [-0.4, -0.2) is 17.9 Å². The minimum Gasteiger partial charge on any atom is -0.489 e. The van der Waals surface area contributed by atoms with Gasteiger partial charge < -0.3 is 15.8 Å². The second-order valence-corrected chi connectivity index (χ2v) is 6.95. The number of benzene rings is 3. The van der Waals surface area contributed by atoms with Crippen LogP contribution in [0.1, 0.15) is 16.7 Å². The SMILES string of the molecule is NC(=O)[C@@H](Cc1ccc(OCc2ccccc2)cc1)NC(=O)Cc1ccc(F)cc1. The van der Waals surface area contributed by atoms with E-state index in [0.29, 0.717) is 17.9 Å². The van der Waals surface area contributed by atoms with E-state index in [1.54, 1.807) is 0 Å². The van der Waals surface area contributed by atoms with Gasteiger partial charge in [-0.15, -0.1) is 0 Å². The number of ether oxygens (including phenoxy) is 1. The number of rotatable bonds is 9. The van der Waals surface area contributed by atoms with Crippen molar-refractivity contribution in [3.63, 3.8) is 0 Å². The number of nitrogens with two attached hydrogens (primary N) is 1. The highest BCUT2D eigenvalue weighted by atomic mass is 19.1. The number of hydrogen-bond acceptors (Lipinski definition) is 3. The lowest BCUT2D eigenvalue weighted by Crippen LogP contribution is -2.46. The van der Waals surface area contributed by atoms with E-state index in [2.05, 4.69) is 5.32 Å². The molecular weight excluding hydrogens is 383 g/mol. The van der Waals surface area contributed by atoms with Crippen molar-refractivity contribution in [1.29, 1.82) is 0 Å². The summed E-state index contributed by atoms with van der Waals surface area (Å²) in [6.07, 6.45) is 0.305. The Morgan fingerprint density at radius 3 is 2.13 bits per heavy atom. The van der Waals surface area contributed by atoms with E-state index < -0.39 is 11.9 Å². The summed E-state index contributed by atoms with van der Waals surface area (Å²) in [6.45, 7) is 0.462. The number of amides is 2. The fourth-order valence-corrected chi connectivity index (χ4v) is 2.95. The lowest BCUT2D eigenvalue weighted by Gasteiger charge is -2.16. The zero-order valence-electron chi connectivity index (χ0n) is 16.4. The maximum Gasteiger partial charge on any atom is 0.240 e. The average molecular weight is 406 g/mol. The number of primary amides is 1. The summed E-state index contributed by atoms with van der Waals surface area (Å²) in [7, 11) is 0. The van der Waals surface area contributed by atoms with Gasteiger partial charge in [-0.05, 0) is 41.0 Å². The lowest BCUT2D eigenvalue weighted by atomic mass is 10.0. The molecule has 0 radical (unpaired) electrons. The number of nitrogens with one attached hydrogen (secondary N) is 1. The molecule has 0 saturated carbocycles. The summed E-state index contributed by atoms with van der Waals surface area (Å²) >= 11 is 0. The quantitative estimate of drug-likeness (QED) is 0.573. The summed E-state index contributed by atoms with van der Waals surface area (Å²) in [5.74, 6) is -0.635. The molecule has 1 atom stereocenters. The van der Waals surface area contributed by atoms with Crippen molar-refractivity contribution in [2.24, 2.45) is 5.73 Å². The second kappa shape index (κ2) is 10.2. The molecule has 0 fully saturated rings. The monoisotopic (exact) mass is 406 g/mol. The Balaban J connectivity index is 1.54. The first-order valence-electron chi connectivity index (χ1n) is 9.58. The molecule has 0 spiro atoms. The summed E-state index contributed by atoms with van der Waals surface area (Å²) in [6, 6.07) is 21.9. The summed E-state index contributed by atoms with van der Waals surface area (Å²) in [4.78, 5) is 24.0. The molecule has 3 aromatic rings. The molecule has 3 N–H and O–H groups in total. The Morgan fingerprint density at radius 2 is 1.50 bits per heavy atom. The van der Waals surface area contributed by atoms with Gasteiger partial charge in [0.25, 0.3) is 0 Å². The summed E-state index contributed by atoms with van der Waals surface area (Å²) < 4.78 is 18.7. The molecule has 0 aliphatic heterocycles. The molecule has 5 nitrogen and oxygen atoms in total. The van der Waals surface area contributed by atoms with Crippen molar-refractivity contribution in [1.82, 2.24) is 5.32 Å². The van der Waals surface area contributed by atoms with Crippen molar-refractivity contribution in [2.45, 2.75) is 25.5 Å². The smallest absolute Gasteiger partial charge is 0.240 e. The second-order valence-electron chi connectivity index (χ2n) is 6.95. The Morgan fingerprint density at radius 1 is 0.867 bits per heavy atom. The van der Waals surface area contributed by atoms with Crippen LogP contribution in [-0.2, 0) is 29.0 Å². The largest absolute Gasteiger partial charge is 0.489 e. The number of carbonyl (C=O) groups excluding carboxylic acids is 2. The highest BCUT2D eigenvalue weighted by Crippen LogP contribution is 2.15. The van der Waals surface area contributed by atoms with Gasteiger partial charge in [0.15, 0.2) is 0 Å². The first-order chi connectivity index (χ1) is 14.5. The van der Waals surface area contributed by atoms with Crippen LogP contribution in [0.25, 0.3) is 0 Å². The minimum atomic E-state index is -0.839. The maximum atomic E-state index is 13.0. The normalized spacial score (nSPS) is 11.5. The molecule has 0 unspecified atom stereocenters. The van der Waals surface area contributed by atoms with Gasteiger partial charge in [0.2, 0.25) is 11.8 Å². The van der Waals surface area contributed by atoms with Gasteiger partial charge in [0, 0.05) is 6.42 Å². The molecule has 3 rings (SSSR count). The van der Waals surface area contributed by atoms with Crippen molar-refractivity contribution < 1.29 is 18.7 Å². The molecule has 2 amide bonds. The summed E-state index contributed by atoms with van der Waals surface area (Å²) in [5, 5.41) is 2.65. The van der Waals surface area contributed by atoms with Gasteiger partial charge in [-0.25, -0.2) is 4.39 Å².